The Balaban J connectivity index is 1.64. The second-order valence-corrected chi connectivity index (χ2v) is 8.83. The van der Waals surface area contributed by atoms with Gasteiger partial charge in [0.25, 0.3) is 0 Å². The van der Waals surface area contributed by atoms with Gasteiger partial charge in [0.15, 0.2) is 5.78 Å². The molecule has 0 aromatic heterocycles. The number of aliphatic hydroxyl groups excluding tert-OH is 1. The molecule has 1 saturated heterocycles. The lowest BCUT2D eigenvalue weighted by Crippen LogP contribution is -2.60. The lowest BCUT2D eigenvalue weighted by atomic mass is 9.45. The first-order valence-corrected chi connectivity index (χ1v) is 9.29. The Labute approximate surface area is 138 Å². The second kappa shape index (κ2) is 5.05. The number of rotatable bonds is 0. The van der Waals surface area contributed by atoms with Crippen molar-refractivity contribution in [3.63, 3.8) is 0 Å². The zero-order valence-electron chi connectivity index (χ0n) is 14.2. The predicted molar refractivity (Wildman–Crippen MR) is 84.5 cm³/mol. The molecule has 0 spiro atoms. The number of hydrogen-bond donors (Lipinski definition) is 1. The fourth-order valence-corrected chi connectivity index (χ4v) is 6.62. The van der Waals surface area contributed by atoms with Crippen molar-refractivity contribution in [2.75, 3.05) is 0 Å². The molecule has 0 radical (unpaired) electrons. The van der Waals surface area contributed by atoms with Crippen molar-refractivity contribution in [3.05, 3.63) is 0 Å². The van der Waals surface area contributed by atoms with E-state index in [0.29, 0.717) is 30.6 Å². The van der Waals surface area contributed by atoms with Crippen LogP contribution < -0.4 is 0 Å². The molecule has 4 nitrogen and oxygen atoms in total. The first-order chi connectivity index (χ1) is 10.8. The molecule has 23 heavy (non-hydrogen) atoms. The van der Waals surface area contributed by atoms with Crippen LogP contribution in [0.2, 0.25) is 0 Å². The first-order valence-electron chi connectivity index (χ1n) is 9.29. The Kier molecular flexibility index (Phi) is 3.43. The van der Waals surface area contributed by atoms with Crippen LogP contribution in [-0.2, 0) is 14.3 Å². The summed E-state index contributed by atoms with van der Waals surface area (Å²) in [5.41, 5.74) is -0.264. The fourth-order valence-electron chi connectivity index (χ4n) is 6.62. The molecule has 0 amide bonds. The molecule has 1 N–H and O–H groups in total. The van der Waals surface area contributed by atoms with E-state index in [1.54, 1.807) is 0 Å². The van der Waals surface area contributed by atoms with Crippen molar-refractivity contribution >= 4 is 11.8 Å². The number of ketones is 1. The maximum Gasteiger partial charge on any atom is 0.306 e. The third kappa shape index (κ3) is 2.13. The minimum atomic E-state index is -0.742. The Bertz CT molecular complexity index is 543. The lowest BCUT2D eigenvalue weighted by molar-refractivity contribution is -0.203. The van der Waals surface area contributed by atoms with Crippen LogP contribution in [0.1, 0.15) is 65.2 Å². The van der Waals surface area contributed by atoms with Crippen molar-refractivity contribution in [1.29, 1.82) is 0 Å². The molecule has 3 aliphatic carbocycles. The highest BCUT2D eigenvalue weighted by atomic mass is 16.6. The summed E-state index contributed by atoms with van der Waals surface area (Å²) in [4.78, 5) is 24.3. The highest BCUT2D eigenvalue weighted by Gasteiger charge is 2.60. The molecule has 4 heteroatoms. The van der Waals surface area contributed by atoms with E-state index in [2.05, 4.69) is 13.8 Å². The van der Waals surface area contributed by atoms with Crippen molar-refractivity contribution in [1.82, 2.24) is 0 Å². The average molecular weight is 320 g/mol. The smallest absolute Gasteiger partial charge is 0.306 e. The topological polar surface area (TPSA) is 63.6 Å². The Morgan fingerprint density at radius 2 is 1.78 bits per heavy atom. The standard InChI is InChI=1S/C19H28O4/c1-18-9-8-15(20)17(22)14(18)4-3-11-12(18)7-10-19(2)13(11)5-6-16(21)23-19/h11-15,20H,3-10H2,1-2H3/t11-,12+,13+,14+,15-,18-,19+/m1/s1. The summed E-state index contributed by atoms with van der Waals surface area (Å²) >= 11 is 0. The summed E-state index contributed by atoms with van der Waals surface area (Å²) in [6, 6.07) is 0. The molecule has 0 bridgehead atoms. The summed E-state index contributed by atoms with van der Waals surface area (Å²) in [6.07, 6.45) is 6.21. The summed E-state index contributed by atoms with van der Waals surface area (Å²) in [6.45, 7) is 4.41. The van der Waals surface area contributed by atoms with E-state index in [0.717, 1.165) is 38.5 Å². The molecular weight excluding hydrogens is 292 g/mol. The highest BCUT2D eigenvalue weighted by Crippen LogP contribution is 2.62. The maximum absolute atomic E-state index is 12.5. The number of ether oxygens (including phenoxy) is 1. The monoisotopic (exact) mass is 320 g/mol. The van der Waals surface area contributed by atoms with E-state index in [1.807, 2.05) is 0 Å². The van der Waals surface area contributed by atoms with Crippen LogP contribution in [0.3, 0.4) is 0 Å². The van der Waals surface area contributed by atoms with E-state index in [1.165, 1.54) is 0 Å². The van der Waals surface area contributed by atoms with Gasteiger partial charge < -0.3 is 9.84 Å². The lowest BCUT2D eigenvalue weighted by Gasteiger charge is -2.61. The molecule has 128 valence electrons. The van der Waals surface area contributed by atoms with Gasteiger partial charge in [0.05, 0.1) is 0 Å². The zero-order chi connectivity index (χ0) is 16.4. The number of carbonyl (C=O) groups is 2. The minimum absolute atomic E-state index is 0.0298. The van der Waals surface area contributed by atoms with Crippen LogP contribution in [0.25, 0.3) is 0 Å². The Hall–Kier alpha value is -0.900. The van der Waals surface area contributed by atoms with E-state index in [9.17, 15) is 14.7 Å². The van der Waals surface area contributed by atoms with Gasteiger partial charge in [-0.2, -0.15) is 0 Å². The van der Waals surface area contributed by atoms with Gasteiger partial charge in [-0.1, -0.05) is 6.92 Å². The van der Waals surface area contributed by atoms with Crippen LogP contribution in [0.5, 0.6) is 0 Å². The van der Waals surface area contributed by atoms with Gasteiger partial charge in [0.2, 0.25) is 0 Å². The number of aliphatic hydroxyl groups is 1. The van der Waals surface area contributed by atoms with Gasteiger partial charge in [-0.25, -0.2) is 0 Å². The summed E-state index contributed by atoms with van der Waals surface area (Å²) in [5.74, 6) is 1.61. The zero-order valence-corrected chi connectivity index (χ0v) is 14.2. The molecule has 1 heterocycles. The van der Waals surface area contributed by atoms with E-state index in [4.69, 9.17) is 4.74 Å². The fraction of sp³-hybridized carbons (Fsp3) is 0.895. The summed E-state index contributed by atoms with van der Waals surface area (Å²) in [7, 11) is 0. The van der Waals surface area contributed by atoms with Crippen LogP contribution in [0.4, 0.5) is 0 Å². The van der Waals surface area contributed by atoms with Gasteiger partial charge in [0, 0.05) is 18.3 Å². The number of hydrogen-bond acceptors (Lipinski definition) is 4. The minimum Gasteiger partial charge on any atom is -0.459 e. The van der Waals surface area contributed by atoms with Gasteiger partial charge >= 0.3 is 5.97 Å². The van der Waals surface area contributed by atoms with Gasteiger partial charge in [0.1, 0.15) is 11.7 Å². The quantitative estimate of drug-likeness (QED) is 0.697. The molecule has 4 rings (SSSR count). The third-order valence-corrected chi connectivity index (χ3v) is 7.84. The number of fused-ring (bicyclic) bond motifs is 5. The van der Waals surface area contributed by atoms with Crippen molar-refractivity contribution in [2.45, 2.75) is 76.9 Å². The maximum atomic E-state index is 12.5. The Morgan fingerprint density at radius 1 is 1.00 bits per heavy atom. The van der Waals surface area contributed by atoms with Crippen LogP contribution in [0, 0.1) is 29.1 Å². The van der Waals surface area contributed by atoms with Crippen molar-refractivity contribution in [2.24, 2.45) is 29.1 Å². The molecule has 1 aliphatic heterocycles. The molecule has 0 aromatic carbocycles. The molecular formula is C19H28O4. The van der Waals surface area contributed by atoms with Gasteiger partial charge in [-0.15, -0.1) is 0 Å². The normalized spacial score (nSPS) is 52.9. The van der Waals surface area contributed by atoms with Gasteiger partial charge in [-0.05, 0) is 69.1 Å². The molecule has 7 atom stereocenters. The molecule has 4 aliphatic rings. The Morgan fingerprint density at radius 3 is 2.57 bits per heavy atom. The largest absolute Gasteiger partial charge is 0.459 e. The average Bonchev–Trinajstić information content (AvgIpc) is 2.50. The molecule has 4 fully saturated rings. The van der Waals surface area contributed by atoms with E-state index in [-0.39, 0.29) is 28.7 Å². The molecule has 0 aromatic rings. The van der Waals surface area contributed by atoms with E-state index < -0.39 is 6.10 Å². The van der Waals surface area contributed by atoms with Crippen LogP contribution in [0.15, 0.2) is 0 Å². The second-order valence-electron chi connectivity index (χ2n) is 8.83. The number of carbonyl (C=O) groups excluding carboxylic acids is 2. The van der Waals surface area contributed by atoms with Crippen molar-refractivity contribution < 1.29 is 19.4 Å². The first kappa shape index (κ1) is 15.6. The van der Waals surface area contributed by atoms with Crippen LogP contribution in [-0.4, -0.2) is 28.6 Å². The van der Waals surface area contributed by atoms with Gasteiger partial charge in [-0.3, -0.25) is 9.59 Å². The molecule has 3 saturated carbocycles. The molecule has 0 unspecified atom stereocenters. The van der Waals surface area contributed by atoms with Crippen LogP contribution >= 0.6 is 0 Å². The van der Waals surface area contributed by atoms with E-state index >= 15 is 0 Å². The SMILES string of the molecule is C[C@]12CC[C@@H](O)C(=O)[C@@H]1CC[C@@H]1[C@@H]2CC[C@]2(C)OC(=O)CC[C@@H]12. The predicted octanol–water partition coefficient (Wildman–Crippen LogP) is 2.86. The van der Waals surface area contributed by atoms with Crippen molar-refractivity contribution in [3.8, 4) is 0 Å². The number of Topliss-reactive ketones (excluding diaryl/α,β-unsaturated/α-hetero) is 1. The third-order valence-electron chi connectivity index (χ3n) is 7.84. The number of esters is 1. The summed E-state index contributed by atoms with van der Waals surface area (Å²) in [5, 5.41) is 9.98. The highest BCUT2D eigenvalue weighted by molar-refractivity contribution is 5.87. The summed E-state index contributed by atoms with van der Waals surface area (Å²) < 4.78 is 5.79.